The van der Waals surface area contributed by atoms with Gasteiger partial charge in [0.25, 0.3) is 0 Å². The average molecular weight is 210 g/mol. The predicted octanol–water partition coefficient (Wildman–Crippen LogP) is 0.487. The van der Waals surface area contributed by atoms with Crippen LogP contribution < -0.4 is 5.32 Å². The third kappa shape index (κ3) is 3.95. The van der Waals surface area contributed by atoms with E-state index in [0.717, 1.165) is 11.3 Å². The molecular weight excluding hydrogens is 192 g/mol. The van der Waals surface area contributed by atoms with Gasteiger partial charge in [-0.1, -0.05) is 6.07 Å². The number of aliphatic hydroxyl groups is 1. The number of aliphatic hydroxyl groups excluding tert-OH is 1. The molecule has 0 spiro atoms. The third-order valence-electron chi connectivity index (χ3n) is 2.26. The standard InChI is InChI=1S/C11H18N2O2/c1-9-4-3-5-12-11(9)6-13-10(7-14)8-15-2/h3-5,10,13-14H,6-8H2,1-2H3. The van der Waals surface area contributed by atoms with Gasteiger partial charge in [-0.3, -0.25) is 4.98 Å². The van der Waals surface area contributed by atoms with E-state index >= 15 is 0 Å². The van der Waals surface area contributed by atoms with Gasteiger partial charge >= 0.3 is 0 Å². The molecule has 1 rings (SSSR count). The van der Waals surface area contributed by atoms with Gasteiger partial charge in [-0.2, -0.15) is 0 Å². The molecular formula is C11H18N2O2. The minimum absolute atomic E-state index is 0.0311. The summed E-state index contributed by atoms with van der Waals surface area (Å²) in [5, 5.41) is 12.2. The van der Waals surface area contributed by atoms with Gasteiger partial charge in [0, 0.05) is 19.9 Å². The van der Waals surface area contributed by atoms with Crippen molar-refractivity contribution in [3.8, 4) is 0 Å². The zero-order chi connectivity index (χ0) is 11.1. The Morgan fingerprint density at radius 2 is 2.40 bits per heavy atom. The molecule has 15 heavy (non-hydrogen) atoms. The zero-order valence-corrected chi connectivity index (χ0v) is 9.23. The van der Waals surface area contributed by atoms with Crippen LogP contribution in [0.15, 0.2) is 18.3 Å². The molecule has 0 aliphatic rings. The fourth-order valence-electron chi connectivity index (χ4n) is 1.32. The maximum absolute atomic E-state index is 9.04. The van der Waals surface area contributed by atoms with Gasteiger partial charge in [0.15, 0.2) is 0 Å². The van der Waals surface area contributed by atoms with Crippen LogP contribution >= 0.6 is 0 Å². The SMILES string of the molecule is COCC(CO)NCc1ncccc1C. The van der Waals surface area contributed by atoms with E-state index < -0.39 is 0 Å². The van der Waals surface area contributed by atoms with Crippen molar-refractivity contribution in [3.05, 3.63) is 29.6 Å². The van der Waals surface area contributed by atoms with E-state index in [9.17, 15) is 0 Å². The van der Waals surface area contributed by atoms with Gasteiger partial charge in [-0.15, -0.1) is 0 Å². The van der Waals surface area contributed by atoms with Crippen LogP contribution in [0.5, 0.6) is 0 Å². The first kappa shape index (κ1) is 12.1. The number of pyridine rings is 1. The number of methoxy groups -OCH3 is 1. The largest absolute Gasteiger partial charge is 0.395 e. The molecule has 1 unspecified atom stereocenters. The second-order valence-corrected chi connectivity index (χ2v) is 3.48. The summed E-state index contributed by atoms with van der Waals surface area (Å²) < 4.78 is 4.97. The Kier molecular flexibility index (Phi) is 5.25. The summed E-state index contributed by atoms with van der Waals surface area (Å²) in [4.78, 5) is 4.26. The molecule has 0 saturated heterocycles. The molecule has 4 nitrogen and oxygen atoms in total. The van der Waals surface area contributed by atoms with Crippen LogP contribution in [0.3, 0.4) is 0 Å². The molecule has 0 aliphatic carbocycles. The fourth-order valence-corrected chi connectivity index (χ4v) is 1.32. The lowest BCUT2D eigenvalue weighted by molar-refractivity contribution is 0.128. The molecule has 1 atom stereocenters. The summed E-state index contributed by atoms with van der Waals surface area (Å²) in [6.07, 6.45) is 1.77. The highest BCUT2D eigenvalue weighted by Gasteiger charge is 2.07. The van der Waals surface area contributed by atoms with E-state index in [2.05, 4.69) is 10.3 Å². The summed E-state index contributed by atoms with van der Waals surface area (Å²) >= 11 is 0. The van der Waals surface area contributed by atoms with Crippen molar-refractivity contribution in [2.45, 2.75) is 19.5 Å². The third-order valence-corrected chi connectivity index (χ3v) is 2.26. The lowest BCUT2D eigenvalue weighted by atomic mass is 10.2. The molecule has 1 heterocycles. The number of aromatic nitrogens is 1. The Labute approximate surface area is 90.3 Å². The maximum Gasteiger partial charge on any atom is 0.0638 e. The van der Waals surface area contributed by atoms with Crippen LogP contribution in [0, 0.1) is 6.92 Å². The van der Waals surface area contributed by atoms with E-state index in [1.54, 1.807) is 13.3 Å². The molecule has 84 valence electrons. The molecule has 0 amide bonds. The Bertz CT molecular complexity index is 292. The Hall–Kier alpha value is -0.970. The summed E-state index contributed by atoms with van der Waals surface area (Å²) in [5.41, 5.74) is 2.16. The molecule has 1 aromatic heterocycles. The number of aryl methyl sites for hydroxylation is 1. The Morgan fingerprint density at radius 3 is 3.00 bits per heavy atom. The molecule has 0 fully saturated rings. The first-order valence-electron chi connectivity index (χ1n) is 5.01. The van der Waals surface area contributed by atoms with Gasteiger partial charge in [-0.25, -0.2) is 0 Å². The first-order valence-corrected chi connectivity index (χ1v) is 5.01. The van der Waals surface area contributed by atoms with E-state index in [0.29, 0.717) is 13.2 Å². The lowest BCUT2D eigenvalue weighted by Gasteiger charge is -2.15. The van der Waals surface area contributed by atoms with Crippen LogP contribution in [-0.2, 0) is 11.3 Å². The monoisotopic (exact) mass is 210 g/mol. The smallest absolute Gasteiger partial charge is 0.0638 e. The molecule has 0 saturated carbocycles. The topological polar surface area (TPSA) is 54.4 Å². The molecule has 4 heteroatoms. The molecule has 2 N–H and O–H groups in total. The molecule has 0 radical (unpaired) electrons. The van der Waals surface area contributed by atoms with Crippen LogP contribution in [0.2, 0.25) is 0 Å². The summed E-state index contributed by atoms with van der Waals surface area (Å²) in [6.45, 7) is 3.25. The van der Waals surface area contributed by atoms with Gasteiger partial charge < -0.3 is 15.2 Å². The summed E-state index contributed by atoms with van der Waals surface area (Å²) in [5.74, 6) is 0. The Balaban J connectivity index is 2.45. The van der Waals surface area contributed by atoms with Crippen LogP contribution in [-0.4, -0.2) is 36.5 Å². The molecule has 1 aromatic rings. The zero-order valence-electron chi connectivity index (χ0n) is 9.23. The number of nitrogens with zero attached hydrogens (tertiary/aromatic N) is 1. The van der Waals surface area contributed by atoms with Crippen LogP contribution in [0.4, 0.5) is 0 Å². The summed E-state index contributed by atoms with van der Waals surface area (Å²) in [6, 6.07) is 3.91. The van der Waals surface area contributed by atoms with E-state index in [4.69, 9.17) is 9.84 Å². The fraction of sp³-hybridized carbons (Fsp3) is 0.545. The van der Waals surface area contributed by atoms with Crippen LogP contribution in [0.1, 0.15) is 11.3 Å². The average Bonchev–Trinajstić information content (AvgIpc) is 2.26. The molecule has 0 aliphatic heterocycles. The lowest BCUT2D eigenvalue weighted by Crippen LogP contribution is -2.36. The molecule has 0 aromatic carbocycles. The van der Waals surface area contributed by atoms with E-state index in [1.807, 2.05) is 19.1 Å². The van der Waals surface area contributed by atoms with E-state index in [1.165, 1.54) is 0 Å². The maximum atomic E-state index is 9.04. The highest BCUT2D eigenvalue weighted by Crippen LogP contribution is 2.02. The highest BCUT2D eigenvalue weighted by atomic mass is 16.5. The van der Waals surface area contributed by atoms with Crippen molar-refractivity contribution in [1.29, 1.82) is 0 Å². The number of nitrogens with one attached hydrogen (secondary N) is 1. The highest BCUT2D eigenvalue weighted by molar-refractivity contribution is 5.17. The van der Waals surface area contributed by atoms with Gasteiger partial charge in [0.2, 0.25) is 0 Å². The number of hydrogen-bond acceptors (Lipinski definition) is 4. The van der Waals surface area contributed by atoms with Crippen molar-refractivity contribution in [3.63, 3.8) is 0 Å². The predicted molar refractivity (Wildman–Crippen MR) is 58.6 cm³/mol. The summed E-state index contributed by atoms with van der Waals surface area (Å²) in [7, 11) is 1.62. The number of rotatable bonds is 6. The van der Waals surface area contributed by atoms with E-state index in [-0.39, 0.29) is 12.6 Å². The van der Waals surface area contributed by atoms with Gasteiger partial charge in [-0.05, 0) is 18.6 Å². The number of hydrogen-bond donors (Lipinski definition) is 2. The molecule has 0 bridgehead atoms. The van der Waals surface area contributed by atoms with Gasteiger partial charge in [0.1, 0.15) is 0 Å². The number of ether oxygens (including phenoxy) is 1. The minimum atomic E-state index is -0.0311. The Morgan fingerprint density at radius 1 is 1.60 bits per heavy atom. The van der Waals surface area contributed by atoms with Gasteiger partial charge in [0.05, 0.1) is 24.9 Å². The second-order valence-electron chi connectivity index (χ2n) is 3.48. The van der Waals surface area contributed by atoms with Crippen molar-refractivity contribution >= 4 is 0 Å². The minimum Gasteiger partial charge on any atom is -0.395 e. The second kappa shape index (κ2) is 6.50. The first-order chi connectivity index (χ1) is 7.27. The van der Waals surface area contributed by atoms with Crippen molar-refractivity contribution in [2.24, 2.45) is 0 Å². The van der Waals surface area contributed by atoms with Crippen LogP contribution in [0.25, 0.3) is 0 Å². The van der Waals surface area contributed by atoms with Crippen molar-refractivity contribution in [1.82, 2.24) is 10.3 Å². The van der Waals surface area contributed by atoms with Crippen molar-refractivity contribution < 1.29 is 9.84 Å². The quantitative estimate of drug-likeness (QED) is 0.717. The normalized spacial score (nSPS) is 12.7. The van der Waals surface area contributed by atoms with Crippen molar-refractivity contribution in [2.75, 3.05) is 20.3 Å².